The molecular formula is C18H39NO. The molecule has 0 spiro atoms. The van der Waals surface area contributed by atoms with Gasteiger partial charge in [-0.05, 0) is 33.2 Å². The van der Waals surface area contributed by atoms with Crippen molar-refractivity contribution < 1.29 is 4.74 Å². The lowest BCUT2D eigenvalue weighted by Gasteiger charge is -2.20. The Morgan fingerprint density at radius 3 is 1.95 bits per heavy atom. The van der Waals surface area contributed by atoms with Gasteiger partial charge in [0.1, 0.15) is 0 Å². The van der Waals surface area contributed by atoms with Crippen LogP contribution in [0.3, 0.4) is 0 Å². The van der Waals surface area contributed by atoms with Gasteiger partial charge in [0.05, 0.1) is 12.7 Å². The third-order valence-electron chi connectivity index (χ3n) is 3.72. The minimum atomic E-state index is 0.347. The predicted octanol–water partition coefficient (Wildman–Crippen LogP) is 5.31. The first kappa shape index (κ1) is 19.9. The van der Waals surface area contributed by atoms with Crippen molar-refractivity contribution in [3.63, 3.8) is 0 Å². The van der Waals surface area contributed by atoms with Crippen LogP contribution in [0.15, 0.2) is 0 Å². The highest BCUT2D eigenvalue weighted by molar-refractivity contribution is 4.66. The third-order valence-corrected chi connectivity index (χ3v) is 3.72. The van der Waals surface area contributed by atoms with Crippen molar-refractivity contribution >= 4 is 0 Å². The maximum atomic E-state index is 5.76. The SMILES string of the molecule is CCCCCCCCCCC(COC(C)C)NCCC. The van der Waals surface area contributed by atoms with Gasteiger partial charge < -0.3 is 10.1 Å². The molecule has 0 aliphatic rings. The molecule has 0 saturated carbocycles. The van der Waals surface area contributed by atoms with E-state index in [0.717, 1.165) is 13.2 Å². The van der Waals surface area contributed by atoms with Crippen molar-refractivity contribution in [3.8, 4) is 0 Å². The lowest BCUT2D eigenvalue weighted by molar-refractivity contribution is 0.0590. The van der Waals surface area contributed by atoms with Crippen molar-refractivity contribution in [1.82, 2.24) is 5.32 Å². The summed E-state index contributed by atoms with van der Waals surface area (Å²) in [6, 6.07) is 0.553. The Labute approximate surface area is 128 Å². The summed E-state index contributed by atoms with van der Waals surface area (Å²) >= 11 is 0. The van der Waals surface area contributed by atoms with Crippen LogP contribution in [0.1, 0.15) is 91.9 Å². The van der Waals surface area contributed by atoms with Crippen LogP contribution >= 0.6 is 0 Å². The monoisotopic (exact) mass is 285 g/mol. The Hall–Kier alpha value is -0.0800. The fourth-order valence-electron chi connectivity index (χ4n) is 2.43. The van der Waals surface area contributed by atoms with Gasteiger partial charge in [0.15, 0.2) is 0 Å². The predicted molar refractivity (Wildman–Crippen MR) is 90.4 cm³/mol. The van der Waals surface area contributed by atoms with Gasteiger partial charge in [-0.2, -0.15) is 0 Å². The first-order valence-corrected chi connectivity index (χ1v) is 9.05. The van der Waals surface area contributed by atoms with E-state index in [1.165, 1.54) is 64.2 Å². The Bertz CT molecular complexity index is 182. The summed E-state index contributed by atoms with van der Waals surface area (Å²) in [4.78, 5) is 0. The van der Waals surface area contributed by atoms with E-state index in [1.807, 2.05) is 0 Å². The Morgan fingerprint density at radius 2 is 1.40 bits per heavy atom. The van der Waals surface area contributed by atoms with Gasteiger partial charge in [0, 0.05) is 6.04 Å². The lowest BCUT2D eigenvalue weighted by atomic mass is 10.0. The summed E-state index contributed by atoms with van der Waals surface area (Å²) in [7, 11) is 0. The van der Waals surface area contributed by atoms with Crippen LogP contribution in [0, 0.1) is 0 Å². The highest BCUT2D eigenvalue weighted by Gasteiger charge is 2.08. The summed E-state index contributed by atoms with van der Waals surface area (Å²) in [5.74, 6) is 0. The molecule has 20 heavy (non-hydrogen) atoms. The molecule has 0 aromatic carbocycles. The van der Waals surface area contributed by atoms with E-state index in [2.05, 4.69) is 33.0 Å². The van der Waals surface area contributed by atoms with Crippen LogP contribution in [-0.2, 0) is 4.74 Å². The van der Waals surface area contributed by atoms with E-state index in [1.54, 1.807) is 0 Å². The van der Waals surface area contributed by atoms with Crippen LogP contribution in [0.2, 0.25) is 0 Å². The summed E-state index contributed by atoms with van der Waals surface area (Å²) in [5.41, 5.74) is 0. The fourth-order valence-corrected chi connectivity index (χ4v) is 2.43. The molecule has 0 bridgehead atoms. The highest BCUT2D eigenvalue weighted by atomic mass is 16.5. The number of hydrogen-bond acceptors (Lipinski definition) is 2. The number of unbranched alkanes of at least 4 members (excludes halogenated alkanes) is 7. The van der Waals surface area contributed by atoms with E-state index < -0.39 is 0 Å². The van der Waals surface area contributed by atoms with Crippen molar-refractivity contribution in [2.24, 2.45) is 0 Å². The van der Waals surface area contributed by atoms with E-state index in [0.29, 0.717) is 12.1 Å². The van der Waals surface area contributed by atoms with Gasteiger partial charge in [-0.3, -0.25) is 0 Å². The zero-order valence-corrected chi connectivity index (χ0v) is 14.5. The van der Waals surface area contributed by atoms with Gasteiger partial charge in [0.25, 0.3) is 0 Å². The van der Waals surface area contributed by atoms with E-state index in [-0.39, 0.29) is 0 Å². The number of rotatable bonds is 15. The standard InChI is InChI=1S/C18H39NO/c1-5-7-8-9-10-11-12-13-14-18(19-15-6-2)16-20-17(3)4/h17-19H,5-16H2,1-4H3. The molecule has 0 amide bonds. The van der Waals surface area contributed by atoms with Gasteiger partial charge in [-0.25, -0.2) is 0 Å². The van der Waals surface area contributed by atoms with Gasteiger partial charge in [0.2, 0.25) is 0 Å². The van der Waals surface area contributed by atoms with Crippen LogP contribution in [0.25, 0.3) is 0 Å². The molecule has 0 fully saturated rings. The van der Waals surface area contributed by atoms with Crippen LogP contribution in [0.4, 0.5) is 0 Å². The van der Waals surface area contributed by atoms with Crippen molar-refractivity contribution in [3.05, 3.63) is 0 Å². The van der Waals surface area contributed by atoms with Gasteiger partial charge in [-0.1, -0.05) is 65.2 Å². The normalized spacial score (nSPS) is 13.1. The van der Waals surface area contributed by atoms with E-state index in [4.69, 9.17) is 4.74 Å². The van der Waals surface area contributed by atoms with Crippen molar-refractivity contribution in [2.45, 2.75) is 104 Å². The van der Waals surface area contributed by atoms with E-state index in [9.17, 15) is 0 Å². The minimum absolute atomic E-state index is 0.347. The number of nitrogens with one attached hydrogen (secondary N) is 1. The summed E-state index contributed by atoms with van der Waals surface area (Å²) in [6.45, 7) is 10.7. The molecule has 1 atom stereocenters. The quantitative estimate of drug-likeness (QED) is 0.412. The molecule has 0 aromatic rings. The molecule has 0 aliphatic heterocycles. The number of ether oxygens (including phenoxy) is 1. The zero-order chi connectivity index (χ0) is 15.1. The molecule has 0 aromatic heterocycles. The van der Waals surface area contributed by atoms with Gasteiger partial charge in [-0.15, -0.1) is 0 Å². The van der Waals surface area contributed by atoms with Crippen LogP contribution in [0.5, 0.6) is 0 Å². The first-order valence-electron chi connectivity index (χ1n) is 9.05. The largest absolute Gasteiger partial charge is 0.377 e. The molecule has 1 unspecified atom stereocenters. The fraction of sp³-hybridized carbons (Fsp3) is 1.00. The Kier molecular flexibility index (Phi) is 15.3. The second kappa shape index (κ2) is 15.3. The Balaban J connectivity index is 3.52. The van der Waals surface area contributed by atoms with E-state index >= 15 is 0 Å². The van der Waals surface area contributed by atoms with Crippen molar-refractivity contribution in [1.29, 1.82) is 0 Å². The number of hydrogen-bond donors (Lipinski definition) is 1. The van der Waals surface area contributed by atoms with Gasteiger partial charge >= 0.3 is 0 Å². The molecular weight excluding hydrogens is 246 g/mol. The molecule has 1 N–H and O–H groups in total. The maximum absolute atomic E-state index is 5.76. The first-order chi connectivity index (χ1) is 9.70. The Morgan fingerprint density at radius 1 is 0.800 bits per heavy atom. The molecule has 2 heteroatoms. The van der Waals surface area contributed by atoms with Crippen LogP contribution < -0.4 is 5.32 Å². The second-order valence-corrected chi connectivity index (χ2v) is 6.30. The topological polar surface area (TPSA) is 21.3 Å². The molecule has 0 saturated heterocycles. The molecule has 0 rings (SSSR count). The molecule has 122 valence electrons. The highest BCUT2D eigenvalue weighted by Crippen LogP contribution is 2.11. The average molecular weight is 286 g/mol. The van der Waals surface area contributed by atoms with Crippen LogP contribution in [-0.4, -0.2) is 25.3 Å². The summed E-state index contributed by atoms with van der Waals surface area (Å²) in [5, 5.41) is 3.62. The molecule has 0 radical (unpaired) electrons. The lowest BCUT2D eigenvalue weighted by Crippen LogP contribution is -2.34. The molecule has 0 heterocycles. The third kappa shape index (κ3) is 14.3. The zero-order valence-electron chi connectivity index (χ0n) is 14.5. The van der Waals surface area contributed by atoms with Crippen molar-refractivity contribution in [2.75, 3.05) is 13.2 Å². The summed E-state index contributed by atoms with van der Waals surface area (Å²) < 4.78 is 5.76. The smallest absolute Gasteiger partial charge is 0.0623 e. The molecule has 2 nitrogen and oxygen atoms in total. The second-order valence-electron chi connectivity index (χ2n) is 6.30. The molecule has 0 aliphatic carbocycles. The maximum Gasteiger partial charge on any atom is 0.0623 e. The minimum Gasteiger partial charge on any atom is -0.377 e. The average Bonchev–Trinajstić information content (AvgIpc) is 2.43. The summed E-state index contributed by atoms with van der Waals surface area (Å²) in [6.07, 6.45) is 14.0.